The number of fused-ring (bicyclic) bond motifs is 2. The Hall–Kier alpha value is -2.19. The van der Waals surface area contributed by atoms with E-state index in [0.717, 1.165) is 87.9 Å². The van der Waals surface area contributed by atoms with Gasteiger partial charge in [-0.1, -0.05) is 51.0 Å². The zero-order chi connectivity index (χ0) is 26.7. The molecule has 1 saturated carbocycles. The molecule has 4 aliphatic rings. The Balaban J connectivity index is 1.32. The number of carbonyl (C=O) groups excluding carboxylic acids is 2. The van der Waals surface area contributed by atoms with Crippen molar-refractivity contribution < 1.29 is 18.7 Å². The topological polar surface area (TPSA) is 73.9 Å². The summed E-state index contributed by atoms with van der Waals surface area (Å²) in [7, 11) is 0. The summed E-state index contributed by atoms with van der Waals surface area (Å²) in [6.07, 6.45) is 10.5. The van der Waals surface area contributed by atoms with Gasteiger partial charge in [-0.2, -0.15) is 0 Å². The summed E-state index contributed by atoms with van der Waals surface area (Å²) in [5.74, 6) is -0.0928. The number of benzene rings is 1. The Kier molecular flexibility index (Phi) is 8.58. The van der Waals surface area contributed by atoms with Gasteiger partial charge in [-0.25, -0.2) is 4.39 Å². The number of carbonyl (C=O) groups is 2. The molecule has 2 amide bonds. The van der Waals surface area contributed by atoms with E-state index in [0.29, 0.717) is 13.2 Å². The quantitative estimate of drug-likeness (QED) is 0.617. The van der Waals surface area contributed by atoms with Crippen molar-refractivity contribution in [1.82, 2.24) is 15.1 Å². The molecule has 1 unspecified atom stereocenters. The molecule has 3 atom stereocenters. The molecule has 3 aliphatic heterocycles. The van der Waals surface area contributed by atoms with Crippen molar-refractivity contribution >= 4 is 17.5 Å². The Labute approximate surface area is 226 Å². The maximum Gasteiger partial charge on any atom is 0.243 e. The molecule has 0 radical (unpaired) electrons. The van der Waals surface area contributed by atoms with Crippen molar-refractivity contribution in [3.05, 3.63) is 29.1 Å². The summed E-state index contributed by atoms with van der Waals surface area (Å²) in [5.41, 5.74) is 2.03. The van der Waals surface area contributed by atoms with E-state index >= 15 is 4.39 Å². The van der Waals surface area contributed by atoms with E-state index in [1.165, 1.54) is 19.3 Å². The van der Waals surface area contributed by atoms with Crippen molar-refractivity contribution in [2.75, 3.05) is 44.7 Å². The highest BCUT2D eigenvalue weighted by Gasteiger charge is 2.52. The highest BCUT2D eigenvalue weighted by Crippen LogP contribution is 2.50. The van der Waals surface area contributed by atoms with Crippen molar-refractivity contribution in [3.63, 3.8) is 0 Å². The van der Waals surface area contributed by atoms with E-state index in [1.807, 2.05) is 17.9 Å². The van der Waals surface area contributed by atoms with Gasteiger partial charge in [0.05, 0.1) is 19.3 Å². The monoisotopic (exact) mass is 528 g/mol. The minimum absolute atomic E-state index is 0.0345. The van der Waals surface area contributed by atoms with Gasteiger partial charge in [0.1, 0.15) is 11.9 Å². The fraction of sp³-hybridized carbons (Fsp3) is 0.733. The van der Waals surface area contributed by atoms with Crippen LogP contribution in [-0.2, 0) is 19.7 Å². The van der Waals surface area contributed by atoms with Crippen LogP contribution in [0.4, 0.5) is 10.1 Å². The molecule has 8 heteroatoms. The average molecular weight is 529 g/mol. The first kappa shape index (κ1) is 27.4. The summed E-state index contributed by atoms with van der Waals surface area (Å²) in [6, 6.07) is 3.06. The molecule has 210 valence electrons. The molecule has 1 spiro atoms. The van der Waals surface area contributed by atoms with Crippen molar-refractivity contribution in [1.29, 1.82) is 0 Å². The maximum absolute atomic E-state index is 15.5. The van der Waals surface area contributed by atoms with E-state index in [9.17, 15) is 9.59 Å². The number of nitrogens with one attached hydrogen (secondary N) is 2. The second-order valence-electron chi connectivity index (χ2n) is 12.0. The van der Waals surface area contributed by atoms with Crippen LogP contribution in [-0.4, -0.2) is 79.1 Å². The molecule has 38 heavy (non-hydrogen) atoms. The van der Waals surface area contributed by atoms with Gasteiger partial charge in [0.2, 0.25) is 11.8 Å². The highest BCUT2D eigenvalue weighted by atomic mass is 19.1. The Morgan fingerprint density at radius 2 is 1.66 bits per heavy atom. The first-order chi connectivity index (χ1) is 18.4. The van der Waals surface area contributed by atoms with Gasteiger partial charge in [0.25, 0.3) is 0 Å². The number of aryl methyl sites for hydroxylation is 1. The van der Waals surface area contributed by atoms with Crippen LogP contribution >= 0.6 is 0 Å². The van der Waals surface area contributed by atoms with Gasteiger partial charge in [-0.15, -0.1) is 0 Å². The summed E-state index contributed by atoms with van der Waals surface area (Å²) in [5, 5.41) is 6.85. The molecule has 0 aromatic heterocycles. The van der Waals surface area contributed by atoms with Gasteiger partial charge >= 0.3 is 0 Å². The number of nitrogens with zero attached hydrogens (tertiary/aromatic N) is 2. The number of rotatable bonds is 3. The lowest BCUT2D eigenvalue weighted by atomic mass is 9.68. The highest BCUT2D eigenvalue weighted by molar-refractivity contribution is 5.91. The van der Waals surface area contributed by atoms with E-state index in [-0.39, 0.29) is 29.7 Å². The van der Waals surface area contributed by atoms with Crippen molar-refractivity contribution in [2.45, 2.75) is 102 Å². The zero-order valence-corrected chi connectivity index (χ0v) is 23.2. The summed E-state index contributed by atoms with van der Waals surface area (Å²) >= 11 is 0. The van der Waals surface area contributed by atoms with Gasteiger partial charge in [0, 0.05) is 55.8 Å². The van der Waals surface area contributed by atoms with E-state index < -0.39 is 11.5 Å². The summed E-state index contributed by atoms with van der Waals surface area (Å²) < 4.78 is 21.5. The number of amides is 2. The van der Waals surface area contributed by atoms with Crippen LogP contribution in [0.1, 0.15) is 82.3 Å². The average Bonchev–Trinajstić information content (AvgIpc) is 3.26. The minimum atomic E-state index is -0.523. The summed E-state index contributed by atoms with van der Waals surface area (Å²) in [6.45, 7) is 7.90. The van der Waals surface area contributed by atoms with Gasteiger partial charge in [0.15, 0.2) is 0 Å². The van der Waals surface area contributed by atoms with Gasteiger partial charge in [-0.05, 0) is 37.8 Å². The van der Waals surface area contributed by atoms with Crippen molar-refractivity contribution in [2.24, 2.45) is 0 Å². The lowest BCUT2D eigenvalue weighted by Gasteiger charge is -2.42. The fourth-order valence-electron chi connectivity index (χ4n) is 7.38. The van der Waals surface area contributed by atoms with Crippen LogP contribution in [0.2, 0.25) is 0 Å². The van der Waals surface area contributed by atoms with Gasteiger partial charge < -0.3 is 20.3 Å². The number of piperazine rings is 1. The lowest BCUT2D eigenvalue weighted by Crippen LogP contribution is -2.58. The van der Waals surface area contributed by atoms with Crippen LogP contribution in [0, 0.1) is 12.7 Å². The molecular weight excluding hydrogens is 483 g/mol. The number of hydrogen-bond acceptors (Lipinski definition) is 5. The largest absolute Gasteiger partial charge is 0.378 e. The third-order valence-corrected chi connectivity index (χ3v) is 9.52. The van der Waals surface area contributed by atoms with Crippen LogP contribution in [0.25, 0.3) is 0 Å². The van der Waals surface area contributed by atoms with Crippen LogP contribution < -0.4 is 10.6 Å². The Bertz CT molecular complexity index is 999. The number of hydrogen-bond donors (Lipinski definition) is 2. The molecule has 1 aromatic rings. The van der Waals surface area contributed by atoms with Gasteiger partial charge in [-0.3, -0.25) is 14.5 Å². The molecular formula is C30H45FN4O3. The molecule has 0 bridgehead atoms. The smallest absolute Gasteiger partial charge is 0.243 e. The molecule has 1 aliphatic carbocycles. The molecule has 2 saturated heterocycles. The van der Waals surface area contributed by atoms with E-state index in [1.54, 1.807) is 13.0 Å². The normalized spacial score (nSPS) is 28.4. The molecule has 5 rings (SSSR count). The van der Waals surface area contributed by atoms with E-state index in [4.69, 9.17) is 4.74 Å². The van der Waals surface area contributed by atoms with Crippen LogP contribution in [0.5, 0.6) is 0 Å². The third kappa shape index (κ3) is 5.57. The standard InChI is InChI=1S/C30H45FN4O3/c1-21-10-11-25(31)26-27(21)33-28(30(26)12-8-6-4-3-5-7-9-13-30)29(37)32-23-18-24(20-38-19-23)35-16-14-34(15-17-35)22(2)36/h10-11,23-24,28,33H,3-9,12-20H2,1-2H3,(H,32,37)/t23-,24+,28?/m1/s1. The maximum atomic E-state index is 15.5. The Morgan fingerprint density at radius 3 is 2.32 bits per heavy atom. The molecule has 3 heterocycles. The molecule has 2 N–H and O–H groups in total. The first-order valence-corrected chi connectivity index (χ1v) is 14.8. The fourth-order valence-corrected chi connectivity index (χ4v) is 7.38. The lowest BCUT2D eigenvalue weighted by molar-refractivity contribution is -0.132. The molecule has 7 nitrogen and oxygen atoms in total. The van der Waals surface area contributed by atoms with E-state index in [2.05, 4.69) is 15.5 Å². The third-order valence-electron chi connectivity index (χ3n) is 9.52. The molecule has 3 fully saturated rings. The number of ether oxygens (including phenoxy) is 1. The van der Waals surface area contributed by atoms with Crippen molar-refractivity contribution in [3.8, 4) is 0 Å². The minimum Gasteiger partial charge on any atom is -0.378 e. The van der Waals surface area contributed by atoms with Crippen LogP contribution in [0.15, 0.2) is 12.1 Å². The number of anilines is 1. The SMILES string of the molecule is CC(=O)N1CCN([C@@H]2COC[C@H](NC(=O)C3Nc4c(C)ccc(F)c4C34CCCCCCCCC4)C2)CC1. The van der Waals surface area contributed by atoms with Crippen LogP contribution in [0.3, 0.4) is 0 Å². The number of halogens is 1. The first-order valence-electron chi connectivity index (χ1n) is 14.8. The predicted molar refractivity (Wildman–Crippen MR) is 147 cm³/mol. The Morgan fingerprint density at radius 1 is 1.00 bits per heavy atom. The second-order valence-corrected chi connectivity index (χ2v) is 12.0. The summed E-state index contributed by atoms with van der Waals surface area (Å²) in [4.78, 5) is 30.0. The predicted octanol–water partition coefficient (Wildman–Crippen LogP) is 4.13. The molecule has 1 aromatic carbocycles. The zero-order valence-electron chi connectivity index (χ0n) is 23.2. The second kappa shape index (κ2) is 11.9.